The molecule has 0 amide bonds. The summed E-state index contributed by atoms with van der Waals surface area (Å²) in [5.74, 6) is -1.70. The van der Waals surface area contributed by atoms with Crippen molar-refractivity contribution in [3.8, 4) is 0 Å². The van der Waals surface area contributed by atoms with E-state index in [9.17, 15) is 19.4 Å². The lowest BCUT2D eigenvalue weighted by molar-refractivity contribution is -0.0532. The van der Waals surface area contributed by atoms with Gasteiger partial charge in [0.15, 0.2) is 6.23 Å². The smallest absolute Gasteiger partial charge is 0.310 e. The van der Waals surface area contributed by atoms with Crippen LogP contribution in [-0.2, 0) is 4.74 Å². The third-order valence-corrected chi connectivity index (χ3v) is 2.80. The Morgan fingerprint density at radius 1 is 1.47 bits per heavy atom. The number of anilines is 1. The minimum atomic E-state index is -1.49. The second kappa shape index (κ2) is 5.19. The van der Waals surface area contributed by atoms with Crippen molar-refractivity contribution in [2.45, 2.75) is 24.5 Å². The van der Waals surface area contributed by atoms with Crippen LogP contribution in [0.5, 0.6) is 0 Å². The van der Waals surface area contributed by atoms with Crippen LogP contribution in [-0.4, -0.2) is 55.0 Å². The van der Waals surface area contributed by atoms with Gasteiger partial charge in [0.2, 0.25) is 11.8 Å². The Hall–Kier alpha value is -1.59. The van der Waals surface area contributed by atoms with E-state index in [4.69, 9.17) is 15.1 Å². The zero-order chi connectivity index (χ0) is 14.2. The van der Waals surface area contributed by atoms with E-state index in [2.05, 4.69) is 4.98 Å². The van der Waals surface area contributed by atoms with E-state index < -0.39 is 48.5 Å². The summed E-state index contributed by atoms with van der Waals surface area (Å²) in [5, 5.41) is 37.1. The van der Waals surface area contributed by atoms with Crippen LogP contribution in [0.15, 0.2) is 11.0 Å². The lowest BCUT2D eigenvalue weighted by Gasteiger charge is -2.20. The summed E-state index contributed by atoms with van der Waals surface area (Å²) in [6.07, 6.45) is -4.62. The topological polar surface area (TPSA) is 137 Å². The normalized spacial score (nSPS) is 30.6. The van der Waals surface area contributed by atoms with Crippen LogP contribution in [0.2, 0.25) is 0 Å². The summed E-state index contributed by atoms with van der Waals surface area (Å²) in [6, 6.07) is 0. The molecule has 1 fully saturated rings. The van der Waals surface area contributed by atoms with Gasteiger partial charge in [-0.15, -0.1) is 0 Å². The van der Waals surface area contributed by atoms with Crippen molar-refractivity contribution < 1.29 is 29.7 Å². The lowest BCUT2D eigenvalue weighted by atomic mass is 10.1. The van der Waals surface area contributed by atoms with Crippen LogP contribution in [0.1, 0.15) is 6.23 Å². The fourth-order valence-corrected chi connectivity index (χ4v) is 1.83. The van der Waals surface area contributed by atoms with E-state index in [-0.39, 0.29) is 0 Å². The molecule has 0 spiro atoms. The van der Waals surface area contributed by atoms with Crippen LogP contribution in [0, 0.1) is 5.82 Å². The van der Waals surface area contributed by atoms with Crippen LogP contribution in [0.25, 0.3) is 0 Å². The molecule has 0 unspecified atom stereocenters. The first-order valence-electron chi connectivity index (χ1n) is 5.30. The van der Waals surface area contributed by atoms with Crippen LogP contribution in [0.3, 0.4) is 0 Å². The van der Waals surface area contributed by atoms with Gasteiger partial charge in [-0.25, -0.2) is 5.48 Å². The third kappa shape index (κ3) is 2.31. The average Bonchev–Trinajstić information content (AvgIpc) is 2.69. The molecule has 5 N–H and O–H groups in total. The first-order valence-corrected chi connectivity index (χ1v) is 5.30. The van der Waals surface area contributed by atoms with Crippen LogP contribution >= 0.6 is 0 Å². The molecule has 0 bridgehead atoms. The maximum absolute atomic E-state index is 13.2. The van der Waals surface area contributed by atoms with Crippen LogP contribution in [0.4, 0.5) is 10.3 Å². The van der Waals surface area contributed by atoms with Gasteiger partial charge in [-0.3, -0.25) is 14.6 Å². The predicted octanol–water partition coefficient (Wildman–Crippen LogP) is -2.21. The van der Waals surface area contributed by atoms with Gasteiger partial charge < -0.3 is 20.1 Å². The number of aromatic nitrogens is 2. The fourth-order valence-electron chi connectivity index (χ4n) is 1.83. The molecule has 4 atom stereocenters. The Kier molecular flexibility index (Phi) is 3.78. The number of rotatable bonds is 3. The molecule has 0 aromatic carbocycles. The van der Waals surface area contributed by atoms with Gasteiger partial charge in [0.05, 0.1) is 12.8 Å². The van der Waals surface area contributed by atoms with Crippen molar-refractivity contribution in [3.05, 3.63) is 22.4 Å². The highest BCUT2D eigenvalue weighted by atomic mass is 19.1. The summed E-state index contributed by atoms with van der Waals surface area (Å²) in [7, 11) is 0. The van der Waals surface area contributed by atoms with Crippen molar-refractivity contribution >= 4 is 5.95 Å². The van der Waals surface area contributed by atoms with E-state index in [0.29, 0.717) is 6.20 Å². The maximum Gasteiger partial charge on any atom is 0.310 e. The quantitative estimate of drug-likeness (QED) is 0.392. The number of hydrogen-bond acceptors (Lipinski definition) is 8. The summed E-state index contributed by atoms with van der Waals surface area (Å²) < 4.78 is 19.1. The SMILES string of the molecule is O=c1nc(NO)n([C@@H]2O[C@H](CO)[C@@H](O)[C@H]2O)cc1F. The lowest BCUT2D eigenvalue weighted by Crippen LogP contribution is -2.34. The summed E-state index contributed by atoms with van der Waals surface area (Å²) in [6.45, 7) is -0.563. The molecule has 1 aliphatic heterocycles. The Bertz CT molecular complexity index is 523. The zero-order valence-corrected chi connectivity index (χ0v) is 9.47. The number of halogens is 1. The molecular weight excluding hydrogens is 265 g/mol. The van der Waals surface area contributed by atoms with Gasteiger partial charge >= 0.3 is 5.56 Å². The van der Waals surface area contributed by atoms with E-state index >= 15 is 0 Å². The summed E-state index contributed by atoms with van der Waals surface area (Å²) in [4.78, 5) is 14.2. The maximum atomic E-state index is 13.2. The first kappa shape index (κ1) is 13.8. The van der Waals surface area contributed by atoms with Gasteiger partial charge in [0, 0.05) is 0 Å². The molecule has 19 heavy (non-hydrogen) atoms. The standard InChI is InChI=1S/C9H12FN3O6/c10-3-1-13(9(12-18)11-7(3)17)8-6(16)5(15)4(2-14)19-8/h1,4-6,8,14-16,18H,2H2,(H,11,12,17)/t4-,5-,6-,8-/m1/s1. The fraction of sp³-hybridized carbons (Fsp3) is 0.556. The highest BCUT2D eigenvalue weighted by Crippen LogP contribution is 2.30. The number of nitrogens with one attached hydrogen (secondary N) is 1. The molecule has 1 aromatic heterocycles. The van der Waals surface area contributed by atoms with Crippen molar-refractivity contribution in [3.63, 3.8) is 0 Å². The van der Waals surface area contributed by atoms with E-state index in [1.807, 2.05) is 0 Å². The first-order chi connectivity index (χ1) is 8.99. The second-order valence-corrected chi connectivity index (χ2v) is 3.97. The molecule has 1 aliphatic rings. The van der Waals surface area contributed by atoms with Crippen molar-refractivity contribution in [2.24, 2.45) is 0 Å². The predicted molar refractivity (Wildman–Crippen MR) is 56.9 cm³/mol. The summed E-state index contributed by atoms with van der Waals surface area (Å²) >= 11 is 0. The van der Waals surface area contributed by atoms with Gasteiger partial charge in [0.25, 0.3) is 0 Å². The van der Waals surface area contributed by atoms with E-state index in [0.717, 1.165) is 4.57 Å². The molecule has 10 heteroatoms. The Balaban J connectivity index is 2.42. The van der Waals surface area contributed by atoms with Crippen molar-refractivity contribution in [2.75, 3.05) is 12.1 Å². The van der Waals surface area contributed by atoms with E-state index in [1.54, 1.807) is 5.48 Å². The highest BCUT2D eigenvalue weighted by molar-refractivity contribution is 5.22. The minimum Gasteiger partial charge on any atom is -0.394 e. The Morgan fingerprint density at radius 3 is 2.68 bits per heavy atom. The monoisotopic (exact) mass is 277 g/mol. The molecule has 2 heterocycles. The molecule has 1 aromatic rings. The average molecular weight is 277 g/mol. The minimum absolute atomic E-state index is 0.471. The Morgan fingerprint density at radius 2 is 2.16 bits per heavy atom. The number of aliphatic hydroxyl groups excluding tert-OH is 3. The molecule has 0 aliphatic carbocycles. The number of nitrogens with zero attached hydrogens (tertiary/aromatic N) is 2. The van der Waals surface area contributed by atoms with Gasteiger partial charge in [-0.05, 0) is 0 Å². The zero-order valence-electron chi connectivity index (χ0n) is 9.47. The van der Waals surface area contributed by atoms with Crippen LogP contribution < -0.4 is 11.0 Å². The highest BCUT2D eigenvalue weighted by Gasteiger charge is 2.44. The van der Waals surface area contributed by atoms with Crippen molar-refractivity contribution in [1.29, 1.82) is 0 Å². The molecule has 2 rings (SSSR count). The van der Waals surface area contributed by atoms with Crippen molar-refractivity contribution in [1.82, 2.24) is 9.55 Å². The van der Waals surface area contributed by atoms with Gasteiger partial charge in [-0.1, -0.05) is 0 Å². The molecule has 106 valence electrons. The summed E-state index contributed by atoms with van der Waals surface area (Å²) in [5.41, 5.74) is 0.350. The number of aliphatic hydroxyl groups is 3. The van der Waals surface area contributed by atoms with E-state index in [1.165, 1.54) is 0 Å². The molecule has 1 saturated heterocycles. The number of hydrogen-bond donors (Lipinski definition) is 5. The molecule has 0 radical (unpaired) electrons. The number of ether oxygens (including phenoxy) is 1. The van der Waals surface area contributed by atoms with Gasteiger partial charge in [0.1, 0.15) is 18.3 Å². The molecular formula is C9H12FN3O6. The molecule has 9 nitrogen and oxygen atoms in total. The largest absolute Gasteiger partial charge is 0.394 e. The second-order valence-electron chi connectivity index (χ2n) is 3.97. The Labute approximate surface area is 105 Å². The molecule has 0 saturated carbocycles. The third-order valence-electron chi connectivity index (χ3n) is 2.80. The van der Waals surface area contributed by atoms with Gasteiger partial charge in [-0.2, -0.15) is 9.37 Å².